The summed E-state index contributed by atoms with van der Waals surface area (Å²) in [6.45, 7) is 11.7. The molecule has 0 spiro atoms. The summed E-state index contributed by atoms with van der Waals surface area (Å²) in [6.07, 6.45) is 0. The van der Waals surface area contributed by atoms with Crippen LogP contribution in [0.15, 0.2) is 24.3 Å². The lowest BCUT2D eigenvalue weighted by Gasteiger charge is -2.38. The number of nitrogens with one attached hydrogen (secondary N) is 1. The first-order chi connectivity index (χ1) is 15.6. The monoisotopic (exact) mass is 459 g/mol. The Morgan fingerprint density at radius 1 is 1.00 bits per heavy atom. The minimum Gasteiger partial charge on any atom is -0.353 e. The van der Waals surface area contributed by atoms with E-state index in [0.717, 1.165) is 29.5 Å². The Morgan fingerprint density at radius 2 is 1.61 bits per heavy atom. The van der Waals surface area contributed by atoms with Crippen LogP contribution in [0.25, 0.3) is 0 Å². The number of piperazine rings is 1. The maximum Gasteiger partial charge on any atom is 0.257 e. The molecule has 1 N–H and O–H groups in total. The van der Waals surface area contributed by atoms with Crippen LogP contribution in [-0.2, 0) is 4.79 Å². The van der Waals surface area contributed by atoms with Gasteiger partial charge in [-0.3, -0.25) is 9.59 Å². The van der Waals surface area contributed by atoms with Crippen LogP contribution in [0.3, 0.4) is 0 Å². The predicted octanol–water partition coefficient (Wildman–Crippen LogP) is 3.29. The average Bonchev–Trinajstić information content (AvgIpc) is 2.76. The van der Waals surface area contributed by atoms with Gasteiger partial charge in [0, 0.05) is 43.9 Å². The number of amides is 2. The number of benzene rings is 1. The van der Waals surface area contributed by atoms with E-state index < -0.39 is 29.1 Å². The van der Waals surface area contributed by atoms with Crippen molar-refractivity contribution in [3.05, 3.63) is 53.0 Å². The van der Waals surface area contributed by atoms with E-state index in [1.807, 2.05) is 26.8 Å². The fourth-order valence-corrected chi connectivity index (χ4v) is 3.79. The molecule has 1 aliphatic rings. The highest BCUT2D eigenvalue weighted by atomic mass is 19.1. The van der Waals surface area contributed by atoms with Crippen LogP contribution in [0.2, 0.25) is 0 Å². The summed E-state index contributed by atoms with van der Waals surface area (Å²) >= 11 is 0. The number of hydrogen-bond acceptors (Lipinski definition) is 5. The molecule has 178 valence electrons. The molecule has 7 nitrogen and oxygen atoms in total. The Morgan fingerprint density at radius 3 is 2.15 bits per heavy atom. The number of rotatable bonds is 6. The second-order valence-electron chi connectivity index (χ2n) is 8.98. The van der Waals surface area contributed by atoms with Gasteiger partial charge in [0.05, 0.1) is 0 Å². The molecule has 3 rings (SSSR count). The third-order valence-electron chi connectivity index (χ3n) is 5.70. The van der Waals surface area contributed by atoms with E-state index >= 15 is 0 Å². The van der Waals surface area contributed by atoms with Gasteiger partial charge < -0.3 is 15.1 Å². The van der Waals surface area contributed by atoms with E-state index in [9.17, 15) is 18.4 Å². The molecule has 1 fully saturated rings. The number of anilines is 1. The third-order valence-corrected chi connectivity index (χ3v) is 5.70. The highest BCUT2D eigenvalue weighted by molar-refractivity contribution is 5.98. The van der Waals surface area contributed by atoms with Crippen molar-refractivity contribution in [3.8, 4) is 0 Å². The van der Waals surface area contributed by atoms with Crippen molar-refractivity contribution in [2.45, 2.75) is 46.6 Å². The maximum absolute atomic E-state index is 14.0. The number of hydrogen-bond donors (Lipinski definition) is 1. The number of aryl methyl sites for hydroxylation is 1. The summed E-state index contributed by atoms with van der Waals surface area (Å²) in [5.74, 6) is -1.55. The third kappa shape index (κ3) is 5.64. The number of aromatic nitrogens is 2. The van der Waals surface area contributed by atoms with Gasteiger partial charge in [0.25, 0.3) is 5.91 Å². The molecule has 1 saturated heterocycles. The molecule has 2 aromatic rings. The lowest BCUT2D eigenvalue weighted by atomic mass is 10.0. The average molecular weight is 460 g/mol. The molecular weight excluding hydrogens is 428 g/mol. The van der Waals surface area contributed by atoms with Crippen molar-refractivity contribution in [2.75, 3.05) is 31.1 Å². The first-order valence-electron chi connectivity index (χ1n) is 11.2. The number of nitrogens with zero attached hydrogens (tertiary/aromatic N) is 4. The minimum absolute atomic E-state index is 0.209. The van der Waals surface area contributed by atoms with Crippen LogP contribution in [0, 0.1) is 24.5 Å². The summed E-state index contributed by atoms with van der Waals surface area (Å²) in [4.78, 5) is 38.7. The second kappa shape index (κ2) is 10.2. The van der Waals surface area contributed by atoms with Crippen LogP contribution in [0.4, 0.5) is 14.6 Å². The lowest BCUT2D eigenvalue weighted by molar-refractivity contribution is -0.134. The van der Waals surface area contributed by atoms with Gasteiger partial charge in [-0.15, -0.1) is 0 Å². The van der Waals surface area contributed by atoms with Gasteiger partial charge in [-0.25, -0.2) is 18.7 Å². The van der Waals surface area contributed by atoms with Crippen LogP contribution >= 0.6 is 0 Å². The summed E-state index contributed by atoms with van der Waals surface area (Å²) in [6, 6.07) is 4.27. The topological polar surface area (TPSA) is 78.4 Å². The zero-order valence-corrected chi connectivity index (χ0v) is 19.7. The Bertz CT molecular complexity index is 1000. The fraction of sp³-hybridized carbons (Fsp3) is 0.500. The Balaban J connectivity index is 1.68. The van der Waals surface area contributed by atoms with Gasteiger partial charge in [-0.05, 0) is 25.0 Å². The second-order valence-corrected chi connectivity index (χ2v) is 8.98. The first kappa shape index (κ1) is 24.5. The molecule has 0 unspecified atom stereocenters. The van der Waals surface area contributed by atoms with Crippen LogP contribution in [-0.4, -0.2) is 58.9 Å². The highest BCUT2D eigenvalue weighted by Crippen LogP contribution is 2.20. The molecule has 1 atom stereocenters. The van der Waals surface area contributed by atoms with E-state index in [4.69, 9.17) is 0 Å². The van der Waals surface area contributed by atoms with Crippen LogP contribution in [0.1, 0.15) is 55.5 Å². The van der Waals surface area contributed by atoms with Crippen molar-refractivity contribution in [3.63, 3.8) is 0 Å². The molecule has 9 heteroatoms. The molecule has 0 aliphatic carbocycles. The van der Waals surface area contributed by atoms with Gasteiger partial charge in [-0.1, -0.05) is 33.8 Å². The fourth-order valence-electron chi connectivity index (χ4n) is 3.79. The van der Waals surface area contributed by atoms with E-state index in [1.165, 1.54) is 6.07 Å². The zero-order valence-electron chi connectivity index (χ0n) is 19.7. The largest absolute Gasteiger partial charge is 0.353 e. The molecule has 0 radical (unpaired) electrons. The van der Waals surface area contributed by atoms with E-state index in [1.54, 1.807) is 18.7 Å². The first-order valence-corrected chi connectivity index (χ1v) is 11.2. The van der Waals surface area contributed by atoms with Crippen molar-refractivity contribution < 1.29 is 18.4 Å². The van der Waals surface area contributed by atoms with E-state index in [2.05, 4.69) is 20.2 Å². The van der Waals surface area contributed by atoms with Gasteiger partial charge >= 0.3 is 0 Å². The van der Waals surface area contributed by atoms with Crippen molar-refractivity contribution >= 4 is 17.6 Å². The predicted molar refractivity (Wildman–Crippen MR) is 122 cm³/mol. The maximum atomic E-state index is 14.0. The highest BCUT2D eigenvalue weighted by Gasteiger charge is 2.32. The molecule has 1 aromatic heterocycles. The smallest absolute Gasteiger partial charge is 0.257 e. The van der Waals surface area contributed by atoms with Crippen molar-refractivity contribution in [1.82, 2.24) is 20.2 Å². The summed E-state index contributed by atoms with van der Waals surface area (Å²) < 4.78 is 28.0. The quantitative estimate of drug-likeness (QED) is 0.717. The normalized spacial score (nSPS) is 15.2. The summed E-state index contributed by atoms with van der Waals surface area (Å²) in [5.41, 5.74) is 0.214. The van der Waals surface area contributed by atoms with Crippen molar-refractivity contribution in [1.29, 1.82) is 0 Å². The molecule has 0 bridgehead atoms. The standard InChI is InChI=1S/C24H31F2N5O2/c1-14(2)21(29-23(32)20-17(25)7-6-8-18(20)26)24(33)31-11-9-30(10-12-31)19-13-16(5)27-22(28-19)15(3)4/h6-8,13-15,21H,9-12H2,1-5H3,(H,29,32)/t21-/m0/s1. The zero-order chi connectivity index (χ0) is 24.3. The SMILES string of the molecule is Cc1cc(N2CCN(C(=O)[C@@H](NC(=O)c3c(F)cccc3F)C(C)C)CC2)nc(C(C)C)n1. The summed E-state index contributed by atoms with van der Waals surface area (Å²) in [7, 11) is 0. The Hall–Kier alpha value is -3.10. The van der Waals surface area contributed by atoms with E-state index in [-0.39, 0.29) is 17.7 Å². The Labute approximate surface area is 193 Å². The molecule has 2 heterocycles. The van der Waals surface area contributed by atoms with Crippen LogP contribution < -0.4 is 10.2 Å². The van der Waals surface area contributed by atoms with Crippen LogP contribution in [0.5, 0.6) is 0 Å². The molecule has 0 saturated carbocycles. The lowest BCUT2D eigenvalue weighted by Crippen LogP contribution is -2.56. The molecular formula is C24H31F2N5O2. The number of carbonyl (C=O) groups is 2. The van der Waals surface area contributed by atoms with Gasteiger partial charge in [0.1, 0.15) is 34.9 Å². The van der Waals surface area contributed by atoms with E-state index in [0.29, 0.717) is 26.2 Å². The number of halogens is 2. The molecule has 33 heavy (non-hydrogen) atoms. The summed E-state index contributed by atoms with van der Waals surface area (Å²) in [5, 5.41) is 2.54. The minimum atomic E-state index is -0.961. The molecule has 2 amide bonds. The van der Waals surface area contributed by atoms with Gasteiger partial charge in [-0.2, -0.15) is 0 Å². The molecule has 1 aromatic carbocycles. The van der Waals surface area contributed by atoms with Gasteiger partial charge in [0.2, 0.25) is 5.91 Å². The van der Waals surface area contributed by atoms with Crippen molar-refractivity contribution in [2.24, 2.45) is 5.92 Å². The molecule has 1 aliphatic heterocycles. The number of carbonyl (C=O) groups excluding carboxylic acids is 2. The Kier molecular flexibility index (Phi) is 7.61. The van der Waals surface area contributed by atoms with Gasteiger partial charge in [0.15, 0.2) is 0 Å².